The monoisotopic (exact) mass is 298 g/mol. The number of aryl methyl sites for hydroxylation is 4. The SMILES string of the molecule is CCc1c[cH-]c(CC)c1.CCc1cc[c-](CC)c1.[Fe+2]. The van der Waals surface area contributed by atoms with E-state index in [0.29, 0.717) is 0 Å². The molecule has 0 aliphatic rings. The molecule has 2 aromatic carbocycles. The zero-order valence-electron chi connectivity index (χ0n) is 12.6. The summed E-state index contributed by atoms with van der Waals surface area (Å²) in [6.07, 6.45) is 4.67. The second-order valence-electron chi connectivity index (χ2n) is 4.67. The van der Waals surface area contributed by atoms with Crippen molar-refractivity contribution < 1.29 is 17.1 Å². The van der Waals surface area contributed by atoms with Crippen LogP contribution < -0.4 is 0 Å². The van der Waals surface area contributed by atoms with Crippen LogP contribution in [-0.4, -0.2) is 0 Å². The van der Waals surface area contributed by atoms with Crippen molar-refractivity contribution in [2.45, 2.75) is 53.4 Å². The van der Waals surface area contributed by atoms with Gasteiger partial charge < -0.3 is 0 Å². The summed E-state index contributed by atoms with van der Waals surface area (Å²) >= 11 is 0. The Morgan fingerprint density at radius 3 is 2.00 bits per heavy atom. The van der Waals surface area contributed by atoms with E-state index in [1.165, 1.54) is 47.9 Å². The zero-order valence-corrected chi connectivity index (χ0v) is 13.8. The minimum Gasteiger partial charge on any atom is -0.210 e. The minimum atomic E-state index is 0. The van der Waals surface area contributed by atoms with Crippen LogP contribution in [0.2, 0.25) is 0 Å². The van der Waals surface area contributed by atoms with E-state index in [1.54, 1.807) is 0 Å². The van der Waals surface area contributed by atoms with E-state index in [0.717, 1.165) is 0 Å². The predicted molar refractivity (Wildman–Crippen MR) is 81.6 cm³/mol. The molecule has 0 saturated heterocycles. The van der Waals surface area contributed by atoms with Gasteiger partial charge in [0.2, 0.25) is 0 Å². The van der Waals surface area contributed by atoms with Crippen LogP contribution in [0, 0.1) is 0 Å². The Kier molecular flexibility index (Phi) is 9.65. The maximum atomic E-state index is 2.28. The van der Waals surface area contributed by atoms with E-state index in [-0.39, 0.29) is 17.1 Å². The zero-order chi connectivity index (χ0) is 13.4. The predicted octanol–water partition coefficient (Wildman–Crippen LogP) is 5.06. The molecule has 0 aliphatic heterocycles. The summed E-state index contributed by atoms with van der Waals surface area (Å²) in [6.45, 7) is 8.76. The molecule has 1 heteroatoms. The van der Waals surface area contributed by atoms with Gasteiger partial charge in [-0.2, -0.15) is 46.5 Å². The first-order valence-corrected chi connectivity index (χ1v) is 7.22. The van der Waals surface area contributed by atoms with E-state index < -0.39 is 0 Å². The van der Waals surface area contributed by atoms with Crippen LogP contribution in [0.3, 0.4) is 0 Å². The Hall–Kier alpha value is -0.781. The van der Waals surface area contributed by atoms with Gasteiger partial charge in [-0.15, -0.1) is 0 Å². The normalized spacial score (nSPS) is 9.47. The van der Waals surface area contributed by atoms with Crippen LogP contribution in [0.25, 0.3) is 0 Å². The van der Waals surface area contributed by atoms with Crippen LogP contribution in [0.15, 0.2) is 36.4 Å². The van der Waals surface area contributed by atoms with Gasteiger partial charge >= 0.3 is 17.1 Å². The first-order chi connectivity index (χ1) is 8.73. The topological polar surface area (TPSA) is 0 Å². The molecule has 0 amide bonds. The van der Waals surface area contributed by atoms with Gasteiger partial charge in [0.1, 0.15) is 0 Å². The van der Waals surface area contributed by atoms with Gasteiger partial charge in [0, 0.05) is 0 Å². The molecule has 0 N–H and O–H groups in total. The molecule has 0 saturated carbocycles. The average molecular weight is 298 g/mol. The van der Waals surface area contributed by atoms with Gasteiger partial charge in [-0.05, 0) is 0 Å². The molecule has 0 bridgehead atoms. The summed E-state index contributed by atoms with van der Waals surface area (Å²) in [6, 6.07) is 13.4. The maximum absolute atomic E-state index is 2.28. The maximum Gasteiger partial charge on any atom is 2.00 e. The fraction of sp³-hybridized carbons (Fsp3) is 0.444. The van der Waals surface area contributed by atoms with Crippen molar-refractivity contribution in [2.24, 2.45) is 0 Å². The van der Waals surface area contributed by atoms with Crippen molar-refractivity contribution in [1.82, 2.24) is 0 Å². The van der Waals surface area contributed by atoms with E-state index in [9.17, 15) is 0 Å². The summed E-state index contributed by atoms with van der Waals surface area (Å²) in [5, 5.41) is 0. The van der Waals surface area contributed by atoms with Crippen molar-refractivity contribution in [2.75, 3.05) is 0 Å². The van der Waals surface area contributed by atoms with Gasteiger partial charge in [-0.1, -0.05) is 53.4 Å². The molecule has 2 aromatic rings. The van der Waals surface area contributed by atoms with Gasteiger partial charge in [-0.3, -0.25) is 0 Å². The van der Waals surface area contributed by atoms with Gasteiger partial charge in [0.05, 0.1) is 0 Å². The van der Waals surface area contributed by atoms with Gasteiger partial charge in [-0.25, -0.2) is 12.1 Å². The van der Waals surface area contributed by atoms with E-state index in [4.69, 9.17) is 0 Å². The smallest absolute Gasteiger partial charge is 0.210 e. The molecule has 0 radical (unpaired) electrons. The number of rotatable bonds is 4. The van der Waals surface area contributed by atoms with Gasteiger partial charge in [0.25, 0.3) is 0 Å². The third kappa shape index (κ3) is 6.27. The quantitative estimate of drug-likeness (QED) is 0.547. The molecule has 0 spiro atoms. The molecule has 2 rings (SSSR count). The Morgan fingerprint density at radius 1 is 1.00 bits per heavy atom. The summed E-state index contributed by atoms with van der Waals surface area (Å²) in [4.78, 5) is 0. The van der Waals surface area contributed by atoms with Crippen molar-refractivity contribution in [3.8, 4) is 0 Å². The molecule has 19 heavy (non-hydrogen) atoms. The molecular weight excluding hydrogens is 272 g/mol. The summed E-state index contributed by atoms with van der Waals surface area (Å²) < 4.78 is 0. The fourth-order valence-electron chi connectivity index (χ4n) is 1.98. The van der Waals surface area contributed by atoms with Gasteiger partial charge in [0.15, 0.2) is 0 Å². The van der Waals surface area contributed by atoms with E-state index >= 15 is 0 Å². The summed E-state index contributed by atoms with van der Waals surface area (Å²) in [5.74, 6) is 0. The third-order valence-electron chi connectivity index (χ3n) is 3.40. The standard InChI is InChI=1S/2C9H13.Fe/c2*1-3-8-5-6-9(4-2)7-8;/h2*5-7H,3-4H2,1-2H3;/q2*-1;+2. The second kappa shape index (κ2) is 10.1. The van der Waals surface area contributed by atoms with Crippen LogP contribution in [-0.2, 0) is 42.8 Å². The average Bonchev–Trinajstić information content (AvgIpc) is 3.07. The van der Waals surface area contributed by atoms with Crippen molar-refractivity contribution in [3.05, 3.63) is 58.7 Å². The largest absolute Gasteiger partial charge is 2.00 e. The van der Waals surface area contributed by atoms with E-state index in [1.807, 2.05) is 0 Å². The Balaban J connectivity index is 0.000000324. The molecule has 0 aromatic heterocycles. The van der Waals surface area contributed by atoms with Crippen molar-refractivity contribution >= 4 is 0 Å². The van der Waals surface area contributed by atoms with Crippen molar-refractivity contribution in [3.63, 3.8) is 0 Å². The Bertz CT molecular complexity index is 355. The van der Waals surface area contributed by atoms with Crippen molar-refractivity contribution in [1.29, 1.82) is 0 Å². The Labute approximate surface area is 129 Å². The molecule has 0 aliphatic carbocycles. The molecule has 0 fully saturated rings. The summed E-state index contributed by atoms with van der Waals surface area (Å²) in [5.41, 5.74) is 5.86. The Morgan fingerprint density at radius 2 is 1.68 bits per heavy atom. The van der Waals surface area contributed by atoms with Crippen LogP contribution in [0.4, 0.5) is 0 Å². The van der Waals surface area contributed by atoms with Crippen LogP contribution in [0.5, 0.6) is 0 Å². The van der Waals surface area contributed by atoms with Crippen LogP contribution >= 0.6 is 0 Å². The molecular formula is C18H26Fe. The molecule has 0 atom stereocenters. The molecule has 0 heterocycles. The fourth-order valence-corrected chi connectivity index (χ4v) is 1.98. The number of hydrogen-bond acceptors (Lipinski definition) is 0. The first kappa shape index (κ1) is 18.2. The van der Waals surface area contributed by atoms with E-state index in [2.05, 4.69) is 64.1 Å². The molecule has 0 unspecified atom stereocenters. The molecule has 0 nitrogen and oxygen atoms in total. The minimum absolute atomic E-state index is 0. The summed E-state index contributed by atoms with van der Waals surface area (Å²) in [7, 11) is 0. The number of hydrogen-bond donors (Lipinski definition) is 0. The third-order valence-corrected chi connectivity index (χ3v) is 3.40. The van der Waals surface area contributed by atoms with Crippen LogP contribution in [0.1, 0.15) is 49.9 Å². The first-order valence-electron chi connectivity index (χ1n) is 7.22. The second-order valence-corrected chi connectivity index (χ2v) is 4.67. The molecule has 106 valence electrons.